The predicted octanol–water partition coefficient (Wildman–Crippen LogP) is 4.09. The number of benzene rings is 2. The van der Waals surface area contributed by atoms with Gasteiger partial charge in [-0.15, -0.1) is 0 Å². The number of likely N-dealkylation sites (N-methyl/N-ethyl adjacent to an activating group) is 1. The Morgan fingerprint density at radius 3 is 2.73 bits per heavy atom. The normalized spacial score (nSPS) is 17.3. The Kier molecular flexibility index (Phi) is 5.15. The molecule has 1 saturated heterocycles. The minimum absolute atomic E-state index is 0.136. The topological polar surface area (TPSA) is 90.2 Å². The van der Waals surface area contributed by atoms with Gasteiger partial charge in [0.05, 0.1) is 16.2 Å². The van der Waals surface area contributed by atoms with Crippen LogP contribution in [0.1, 0.15) is 15.9 Å². The summed E-state index contributed by atoms with van der Waals surface area (Å²) in [4.78, 5) is 30.0. The summed E-state index contributed by atoms with van der Waals surface area (Å²) in [5.74, 6) is -1.59. The molecule has 26 heavy (non-hydrogen) atoms. The highest BCUT2D eigenvalue weighted by molar-refractivity contribution is 9.10. The van der Waals surface area contributed by atoms with Crippen molar-refractivity contribution in [1.29, 1.82) is 0 Å². The van der Waals surface area contributed by atoms with Gasteiger partial charge in [0.2, 0.25) is 0 Å². The minimum Gasteiger partial charge on any atom is -0.508 e. The summed E-state index contributed by atoms with van der Waals surface area (Å²) in [5.41, 5.74) is 0.894. The summed E-state index contributed by atoms with van der Waals surface area (Å²) in [5, 5.41) is 19.1. The van der Waals surface area contributed by atoms with Gasteiger partial charge in [0, 0.05) is 11.5 Å². The van der Waals surface area contributed by atoms with E-state index >= 15 is 0 Å². The number of rotatable bonds is 3. The Balaban J connectivity index is 1.97. The number of nitrogens with zero attached hydrogens (tertiary/aromatic N) is 2. The van der Waals surface area contributed by atoms with Gasteiger partial charge in [-0.1, -0.05) is 28.1 Å². The molecule has 1 aliphatic rings. The average Bonchev–Trinajstić information content (AvgIpc) is 2.84. The highest BCUT2D eigenvalue weighted by Crippen LogP contribution is 2.34. The van der Waals surface area contributed by atoms with E-state index in [1.807, 2.05) is 24.3 Å². The zero-order chi connectivity index (χ0) is 18.8. The van der Waals surface area contributed by atoms with Gasteiger partial charge in [0.25, 0.3) is 5.91 Å². The number of phenolic OH excluding ortho intramolecular Hbond substituents is 1. The van der Waals surface area contributed by atoms with Crippen LogP contribution in [0.15, 0.2) is 56.8 Å². The molecular weight excluding hydrogens is 420 g/mol. The standard InChI is InChI=1S/C18H13BrN2O4S/c1-21-16(23)15(8-10-3-2-4-11(19)7-10)26-18(21)20-14-6-5-12(22)9-13(14)17(24)25/h2-9,22H,1H3,(H,24,25)/b15-8-,20-18?. The smallest absolute Gasteiger partial charge is 0.338 e. The van der Waals surface area contributed by atoms with E-state index in [0.717, 1.165) is 27.9 Å². The number of aromatic carboxylic acids is 1. The zero-order valence-corrected chi connectivity index (χ0v) is 15.9. The number of hydrogen-bond acceptors (Lipinski definition) is 5. The predicted molar refractivity (Wildman–Crippen MR) is 105 cm³/mol. The molecule has 0 bridgehead atoms. The van der Waals surface area contributed by atoms with E-state index in [-0.39, 0.29) is 22.9 Å². The van der Waals surface area contributed by atoms with Crippen molar-refractivity contribution in [2.24, 2.45) is 4.99 Å². The number of amides is 1. The fraction of sp³-hybridized carbons (Fsp3) is 0.0556. The van der Waals surface area contributed by atoms with Crippen LogP contribution in [0.5, 0.6) is 5.75 Å². The van der Waals surface area contributed by atoms with E-state index in [0.29, 0.717) is 10.1 Å². The van der Waals surface area contributed by atoms with E-state index in [4.69, 9.17) is 0 Å². The van der Waals surface area contributed by atoms with E-state index in [1.54, 1.807) is 13.1 Å². The lowest BCUT2D eigenvalue weighted by atomic mass is 10.2. The zero-order valence-electron chi connectivity index (χ0n) is 13.5. The second-order valence-corrected chi connectivity index (χ2v) is 7.36. The van der Waals surface area contributed by atoms with Crippen molar-refractivity contribution in [3.63, 3.8) is 0 Å². The molecule has 0 atom stereocenters. The van der Waals surface area contributed by atoms with Gasteiger partial charge >= 0.3 is 5.97 Å². The van der Waals surface area contributed by atoms with Crippen LogP contribution in [0.2, 0.25) is 0 Å². The van der Waals surface area contributed by atoms with Crippen molar-refractivity contribution in [1.82, 2.24) is 4.90 Å². The van der Waals surface area contributed by atoms with Crippen molar-refractivity contribution in [3.8, 4) is 5.75 Å². The molecule has 6 nitrogen and oxygen atoms in total. The Hall–Kier alpha value is -2.58. The largest absolute Gasteiger partial charge is 0.508 e. The second-order valence-electron chi connectivity index (χ2n) is 5.43. The van der Waals surface area contributed by atoms with Crippen LogP contribution in [0, 0.1) is 0 Å². The number of halogens is 1. The Bertz CT molecular complexity index is 971. The Morgan fingerprint density at radius 2 is 2.04 bits per heavy atom. The first kappa shape index (κ1) is 18.2. The molecule has 0 aromatic heterocycles. The van der Waals surface area contributed by atoms with Crippen molar-refractivity contribution in [2.45, 2.75) is 0 Å². The van der Waals surface area contributed by atoms with Gasteiger partial charge in [0.1, 0.15) is 5.75 Å². The number of amidine groups is 1. The summed E-state index contributed by atoms with van der Waals surface area (Å²) in [6.45, 7) is 0. The Morgan fingerprint density at radius 1 is 1.27 bits per heavy atom. The molecule has 1 heterocycles. The molecule has 2 aromatic rings. The molecule has 0 aliphatic carbocycles. The van der Waals surface area contributed by atoms with E-state index in [9.17, 15) is 19.8 Å². The third-order valence-corrected chi connectivity index (χ3v) is 5.13. The van der Waals surface area contributed by atoms with Gasteiger partial charge in [0.15, 0.2) is 5.17 Å². The maximum absolute atomic E-state index is 12.5. The number of carboxylic acids is 1. The summed E-state index contributed by atoms with van der Waals surface area (Å²) >= 11 is 4.55. The molecule has 132 valence electrons. The molecule has 0 radical (unpaired) electrons. The number of aromatic hydroxyl groups is 1. The molecule has 3 rings (SSSR count). The molecule has 0 unspecified atom stereocenters. The lowest BCUT2D eigenvalue weighted by Gasteiger charge is -2.08. The van der Waals surface area contributed by atoms with Crippen LogP contribution in [0.3, 0.4) is 0 Å². The van der Waals surface area contributed by atoms with Gasteiger partial charge in [-0.05, 0) is 53.7 Å². The summed E-state index contributed by atoms with van der Waals surface area (Å²) in [6.07, 6.45) is 1.76. The fourth-order valence-electron chi connectivity index (χ4n) is 2.30. The van der Waals surface area contributed by atoms with Gasteiger partial charge in [-0.2, -0.15) is 0 Å². The number of aliphatic imine (C=N–C) groups is 1. The molecule has 1 aliphatic heterocycles. The van der Waals surface area contributed by atoms with Gasteiger partial charge in [-0.3, -0.25) is 9.69 Å². The SMILES string of the molecule is CN1C(=O)/C(=C/c2cccc(Br)c2)SC1=Nc1ccc(O)cc1C(=O)O. The minimum atomic E-state index is -1.21. The number of carboxylic acid groups (broad SMARTS) is 1. The third kappa shape index (κ3) is 3.81. The van der Waals surface area contributed by atoms with Gasteiger partial charge in [-0.25, -0.2) is 9.79 Å². The van der Waals surface area contributed by atoms with Crippen molar-refractivity contribution in [2.75, 3.05) is 7.05 Å². The quantitative estimate of drug-likeness (QED) is 0.712. The first-order chi connectivity index (χ1) is 12.3. The lowest BCUT2D eigenvalue weighted by Crippen LogP contribution is -2.23. The Labute approximate surface area is 162 Å². The van der Waals surface area contributed by atoms with Crippen LogP contribution < -0.4 is 0 Å². The maximum Gasteiger partial charge on any atom is 0.338 e. The molecule has 0 spiro atoms. The molecule has 8 heteroatoms. The van der Waals surface area contributed by atoms with Crippen LogP contribution in [0.25, 0.3) is 6.08 Å². The average molecular weight is 433 g/mol. The lowest BCUT2D eigenvalue weighted by molar-refractivity contribution is -0.121. The molecule has 2 N–H and O–H groups in total. The molecule has 1 amide bonds. The number of carbonyl (C=O) groups is 2. The third-order valence-electron chi connectivity index (χ3n) is 3.58. The van der Waals surface area contributed by atoms with Crippen LogP contribution in [-0.4, -0.2) is 39.2 Å². The highest BCUT2D eigenvalue weighted by Gasteiger charge is 2.30. The number of carbonyl (C=O) groups excluding carboxylic acids is 1. The monoisotopic (exact) mass is 432 g/mol. The second kappa shape index (κ2) is 7.35. The van der Waals surface area contributed by atoms with Crippen molar-refractivity contribution in [3.05, 3.63) is 63.0 Å². The first-order valence-corrected chi connectivity index (χ1v) is 9.04. The highest BCUT2D eigenvalue weighted by atomic mass is 79.9. The van der Waals surface area contributed by atoms with E-state index in [2.05, 4.69) is 20.9 Å². The van der Waals surface area contributed by atoms with Crippen LogP contribution >= 0.6 is 27.7 Å². The van der Waals surface area contributed by atoms with Gasteiger partial charge < -0.3 is 10.2 Å². The number of phenols is 1. The van der Waals surface area contributed by atoms with E-state index < -0.39 is 5.97 Å². The van der Waals surface area contributed by atoms with Crippen molar-refractivity contribution < 1.29 is 19.8 Å². The maximum atomic E-state index is 12.5. The van der Waals surface area contributed by atoms with Crippen LogP contribution in [-0.2, 0) is 4.79 Å². The molecular formula is C18H13BrN2O4S. The van der Waals surface area contributed by atoms with Crippen LogP contribution in [0.4, 0.5) is 5.69 Å². The first-order valence-electron chi connectivity index (χ1n) is 7.43. The number of hydrogen-bond donors (Lipinski definition) is 2. The number of thioether (sulfide) groups is 1. The molecule has 2 aromatic carbocycles. The molecule has 1 fully saturated rings. The fourth-order valence-corrected chi connectivity index (χ4v) is 3.69. The molecule has 0 saturated carbocycles. The van der Waals surface area contributed by atoms with E-state index in [1.165, 1.54) is 17.0 Å². The summed E-state index contributed by atoms with van der Waals surface area (Å²) < 4.78 is 0.903. The van der Waals surface area contributed by atoms with Crippen molar-refractivity contribution >= 4 is 56.5 Å². The summed E-state index contributed by atoms with van der Waals surface area (Å²) in [6, 6.07) is 11.4. The summed E-state index contributed by atoms with van der Waals surface area (Å²) in [7, 11) is 1.58.